The molecule has 0 aromatic heterocycles. The predicted molar refractivity (Wildman–Crippen MR) is 74.0 cm³/mol. The maximum absolute atomic E-state index is 2.37. The lowest BCUT2D eigenvalue weighted by molar-refractivity contribution is -0.857. The molecule has 0 aliphatic carbocycles. The topological polar surface area (TPSA) is 4.44 Å². The third-order valence-corrected chi connectivity index (χ3v) is 2.95. The van der Waals surface area contributed by atoms with Gasteiger partial charge >= 0.3 is 0 Å². The van der Waals surface area contributed by atoms with Gasteiger partial charge in [-0.2, -0.15) is 0 Å². The smallest absolute Gasteiger partial charge is 0.0801 e. The van der Waals surface area contributed by atoms with Crippen LogP contribution >= 0.6 is 0 Å². The maximum atomic E-state index is 2.37. The monoisotopic (exact) mass is 261 g/mol. The molecule has 0 unspecified atom stereocenters. The van der Waals surface area contributed by atoms with Gasteiger partial charge in [0.1, 0.15) is 0 Å². The molecule has 0 aromatic carbocycles. The Kier molecular flexibility index (Phi) is 18.2. The molecule has 104 valence electrons. The number of nitrogens with one attached hydrogen (secondary N) is 1. The summed E-state index contributed by atoms with van der Waals surface area (Å²) in [6.45, 7) is 3.54. The molecule has 0 saturated carbocycles. The molecule has 0 saturated heterocycles. The molecule has 0 heterocycles. The van der Waals surface area contributed by atoms with E-state index in [9.17, 15) is 0 Å². The summed E-state index contributed by atoms with van der Waals surface area (Å²) < 4.78 is 0. The average Bonchev–Trinajstić information content (AvgIpc) is 2.25. The van der Waals surface area contributed by atoms with Crippen LogP contribution in [-0.2, 0) is 0 Å². The Labute approximate surface area is 115 Å². The van der Waals surface area contributed by atoms with Gasteiger partial charge in [0, 0.05) is 6.42 Å². The molecule has 0 bridgehead atoms. The Hall–Kier alpha value is -0.0100. The molecule has 0 aliphatic heterocycles. The number of hydrogen-bond acceptors (Lipinski definition) is 0. The van der Waals surface area contributed by atoms with Crippen LogP contribution in [0.5, 0.6) is 0 Å². The number of quaternary nitrogens is 1. The molecule has 1 nitrogen and oxygen atoms in total. The highest BCUT2D eigenvalue weighted by atomic mass is 35.5. The molecule has 0 aliphatic rings. The number of unbranched alkanes of at least 4 members (excludes halogenated alkanes) is 7. The molecule has 0 amide bonds. The summed E-state index contributed by atoms with van der Waals surface area (Å²) in [7, 11) is 4.42. The van der Waals surface area contributed by atoms with Crippen molar-refractivity contribution in [3.63, 3.8) is 0 Å². The van der Waals surface area contributed by atoms with Gasteiger partial charge in [-0.1, -0.05) is 57.6 Å². The molecule has 0 rings (SSSR count). The molecule has 0 fully saturated rings. The number of allylic oxidation sites excluding steroid dienone is 1. The van der Waals surface area contributed by atoms with Gasteiger partial charge in [-0.25, -0.2) is 0 Å². The third kappa shape index (κ3) is 18.5. The minimum absolute atomic E-state index is 0. The van der Waals surface area contributed by atoms with Crippen molar-refractivity contribution in [3.8, 4) is 0 Å². The van der Waals surface area contributed by atoms with E-state index in [0.717, 1.165) is 0 Å². The Morgan fingerprint density at radius 1 is 0.765 bits per heavy atom. The Morgan fingerprint density at radius 2 is 1.29 bits per heavy atom. The lowest BCUT2D eigenvalue weighted by Gasteiger charge is -2.03. The zero-order chi connectivity index (χ0) is 12.1. The molecular weight excluding hydrogens is 230 g/mol. The van der Waals surface area contributed by atoms with Crippen LogP contribution in [0.1, 0.15) is 64.7 Å². The quantitative estimate of drug-likeness (QED) is 0.401. The molecule has 2 heteroatoms. The maximum Gasteiger partial charge on any atom is 0.0801 e. The average molecular weight is 262 g/mol. The standard InChI is InChI=1S/C15H31N.ClH/c1-4-5-6-7-8-9-10-11-12-13-14-15-16(2)3;/h12-13H,4-11,14-15H2,1-3H3;1H/b13-12+;. The van der Waals surface area contributed by atoms with Gasteiger partial charge in [-0.05, 0) is 12.8 Å². The van der Waals surface area contributed by atoms with E-state index >= 15 is 0 Å². The van der Waals surface area contributed by atoms with E-state index in [4.69, 9.17) is 0 Å². The molecule has 17 heavy (non-hydrogen) atoms. The van der Waals surface area contributed by atoms with Crippen molar-refractivity contribution in [1.29, 1.82) is 0 Å². The molecular formula is C15H32ClN. The largest absolute Gasteiger partial charge is 1.00 e. The normalized spacial score (nSPS) is 11.1. The van der Waals surface area contributed by atoms with E-state index in [1.165, 1.54) is 64.3 Å². The number of halogens is 1. The molecule has 0 atom stereocenters. The first kappa shape index (κ1) is 19.3. The molecule has 0 aromatic rings. The second-order valence-electron chi connectivity index (χ2n) is 5.13. The van der Waals surface area contributed by atoms with Crippen molar-refractivity contribution < 1.29 is 17.3 Å². The van der Waals surface area contributed by atoms with E-state index < -0.39 is 0 Å². The first-order chi connectivity index (χ1) is 7.77. The first-order valence-electron chi connectivity index (χ1n) is 7.21. The summed E-state index contributed by atoms with van der Waals surface area (Å²) in [5, 5.41) is 0. The van der Waals surface area contributed by atoms with Gasteiger partial charge in [0.05, 0.1) is 20.6 Å². The van der Waals surface area contributed by atoms with E-state index in [-0.39, 0.29) is 12.4 Å². The van der Waals surface area contributed by atoms with E-state index in [1.54, 1.807) is 4.90 Å². The van der Waals surface area contributed by atoms with Crippen LogP contribution in [0.25, 0.3) is 0 Å². The van der Waals surface area contributed by atoms with Crippen molar-refractivity contribution in [2.75, 3.05) is 20.6 Å². The minimum atomic E-state index is 0. The van der Waals surface area contributed by atoms with Crippen molar-refractivity contribution in [1.82, 2.24) is 0 Å². The van der Waals surface area contributed by atoms with Crippen molar-refractivity contribution >= 4 is 0 Å². The highest BCUT2D eigenvalue weighted by molar-refractivity contribution is 4.80. The van der Waals surface area contributed by atoms with E-state index in [1.807, 2.05) is 0 Å². The van der Waals surface area contributed by atoms with E-state index in [0.29, 0.717) is 0 Å². The van der Waals surface area contributed by atoms with Crippen LogP contribution in [0.3, 0.4) is 0 Å². The van der Waals surface area contributed by atoms with Crippen LogP contribution in [0.15, 0.2) is 12.2 Å². The molecule has 0 spiro atoms. The van der Waals surface area contributed by atoms with Crippen LogP contribution in [-0.4, -0.2) is 20.6 Å². The second-order valence-corrected chi connectivity index (χ2v) is 5.13. The van der Waals surface area contributed by atoms with Crippen LogP contribution in [0.4, 0.5) is 0 Å². The summed E-state index contributed by atoms with van der Waals surface area (Å²) in [5.74, 6) is 0. The molecule has 0 radical (unpaired) electrons. The van der Waals surface area contributed by atoms with Gasteiger partial charge in [0.25, 0.3) is 0 Å². The highest BCUT2D eigenvalue weighted by Gasteiger charge is 1.90. The van der Waals surface area contributed by atoms with Crippen LogP contribution < -0.4 is 17.3 Å². The van der Waals surface area contributed by atoms with Crippen molar-refractivity contribution in [3.05, 3.63) is 12.2 Å². The lowest BCUT2D eigenvalue weighted by Crippen LogP contribution is -3.05. The van der Waals surface area contributed by atoms with Gasteiger partial charge in [0.15, 0.2) is 0 Å². The Balaban J connectivity index is 0. The fourth-order valence-electron chi connectivity index (χ4n) is 1.83. The third-order valence-electron chi connectivity index (χ3n) is 2.95. The van der Waals surface area contributed by atoms with Gasteiger partial charge in [-0.15, -0.1) is 0 Å². The van der Waals surface area contributed by atoms with Gasteiger partial charge < -0.3 is 17.3 Å². The van der Waals surface area contributed by atoms with Gasteiger partial charge in [-0.3, -0.25) is 0 Å². The summed E-state index contributed by atoms with van der Waals surface area (Å²) in [5.41, 5.74) is 0. The van der Waals surface area contributed by atoms with Gasteiger partial charge in [0.2, 0.25) is 0 Å². The van der Waals surface area contributed by atoms with Crippen LogP contribution in [0, 0.1) is 0 Å². The minimum Gasteiger partial charge on any atom is -1.00 e. The second kappa shape index (κ2) is 16.0. The first-order valence-corrected chi connectivity index (χ1v) is 7.21. The fraction of sp³-hybridized carbons (Fsp3) is 0.867. The SMILES string of the molecule is CCCCCCCCC/C=C/CC[NH+](C)C.[Cl-]. The summed E-state index contributed by atoms with van der Waals surface area (Å²) in [4.78, 5) is 1.54. The predicted octanol–water partition coefficient (Wildman–Crippen LogP) is 0.222. The summed E-state index contributed by atoms with van der Waals surface area (Å²) in [6.07, 6.45) is 17.2. The van der Waals surface area contributed by atoms with Crippen molar-refractivity contribution in [2.24, 2.45) is 0 Å². The zero-order valence-electron chi connectivity index (χ0n) is 12.1. The Morgan fingerprint density at radius 3 is 1.88 bits per heavy atom. The van der Waals surface area contributed by atoms with Crippen molar-refractivity contribution in [2.45, 2.75) is 64.7 Å². The molecule has 1 N–H and O–H groups in total. The lowest BCUT2D eigenvalue weighted by atomic mass is 10.1. The summed E-state index contributed by atoms with van der Waals surface area (Å²) >= 11 is 0. The number of rotatable bonds is 11. The zero-order valence-corrected chi connectivity index (χ0v) is 12.9. The Bertz CT molecular complexity index is 155. The summed E-state index contributed by atoms with van der Waals surface area (Å²) in [6, 6.07) is 0. The number of hydrogen-bond donors (Lipinski definition) is 1. The van der Waals surface area contributed by atoms with E-state index in [2.05, 4.69) is 33.2 Å². The fourth-order valence-corrected chi connectivity index (χ4v) is 1.83. The highest BCUT2D eigenvalue weighted by Crippen LogP contribution is 2.08. The van der Waals surface area contributed by atoms with Crippen LogP contribution in [0.2, 0.25) is 0 Å².